The Morgan fingerprint density at radius 1 is 1.47 bits per heavy atom. The Labute approximate surface area is 90.7 Å². The van der Waals surface area contributed by atoms with Gasteiger partial charge in [0.1, 0.15) is 5.82 Å². The van der Waals surface area contributed by atoms with Gasteiger partial charge < -0.3 is 5.32 Å². The van der Waals surface area contributed by atoms with E-state index in [1.807, 2.05) is 6.07 Å². The second-order valence-electron chi connectivity index (χ2n) is 4.27. The van der Waals surface area contributed by atoms with Crippen molar-refractivity contribution in [2.75, 3.05) is 6.54 Å². The van der Waals surface area contributed by atoms with E-state index in [1.54, 1.807) is 6.07 Å². The summed E-state index contributed by atoms with van der Waals surface area (Å²) in [5.74, 6) is -0.0264. The molecule has 0 unspecified atom stereocenters. The predicted octanol–water partition coefficient (Wildman–Crippen LogP) is 2.68. The number of hydrogen-bond acceptors (Lipinski definition) is 1. The van der Waals surface area contributed by atoms with Crippen LogP contribution in [-0.4, -0.2) is 12.6 Å². The zero-order chi connectivity index (χ0) is 10.7. The van der Waals surface area contributed by atoms with E-state index in [9.17, 15) is 4.39 Å². The van der Waals surface area contributed by atoms with Crippen LogP contribution in [-0.2, 0) is 12.8 Å². The molecule has 1 aliphatic carbocycles. The fourth-order valence-corrected chi connectivity index (χ4v) is 2.28. The third-order valence-corrected chi connectivity index (χ3v) is 3.11. The molecule has 82 valence electrons. The Balaban J connectivity index is 2.07. The molecule has 0 bridgehead atoms. The molecular weight excluding hydrogens is 189 g/mol. The van der Waals surface area contributed by atoms with Gasteiger partial charge >= 0.3 is 0 Å². The first-order valence-electron chi connectivity index (χ1n) is 5.81. The van der Waals surface area contributed by atoms with E-state index < -0.39 is 0 Å². The molecule has 0 aliphatic heterocycles. The fourth-order valence-electron chi connectivity index (χ4n) is 2.28. The van der Waals surface area contributed by atoms with E-state index in [0.717, 1.165) is 37.8 Å². The summed E-state index contributed by atoms with van der Waals surface area (Å²) in [5, 5.41) is 3.51. The first kappa shape index (κ1) is 10.6. The van der Waals surface area contributed by atoms with Crippen LogP contribution in [0.1, 0.15) is 30.9 Å². The van der Waals surface area contributed by atoms with E-state index >= 15 is 0 Å². The highest BCUT2D eigenvalue weighted by molar-refractivity contribution is 5.31. The van der Waals surface area contributed by atoms with E-state index in [0.29, 0.717) is 6.04 Å². The van der Waals surface area contributed by atoms with Crippen LogP contribution in [0.4, 0.5) is 4.39 Å². The third kappa shape index (κ3) is 2.37. The Morgan fingerprint density at radius 3 is 3.13 bits per heavy atom. The number of benzene rings is 1. The number of halogens is 1. The summed E-state index contributed by atoms with van der Waals surface area (Å²) < 4.78 is 13.4. The second-order valence-corrected chi connectivity index (χ2v) is 4.27. The van der Waals surface area contributed by atoms with E-state index in [-0.39, 0.29) is 5.82 Å². The Morgan fingerprint density at radius 2 is 2.33 bits per heavy atom. The summed E-state index contributed by atoms with van der Waals surface area (Å²) in [6.45, 7) is 3.23. The van der Waals surface area contributed by atoms with Crippen molar-refractivity contribution in [3.8, 4) is 0 Å². The summed E-state index contributed by atoms with van der Waals surface area (Å²) in [6.07, 6.45) is 4.08. The third-order valence-electron chi connectivity index (χ3n) is 3.11. The molecule has 0 saturated carbocycles. The zero-order valence-electron chi connectivity index (χ0n) is 9.22. The molecule has 0 saturated heterocycles. The lowest BCUT2D eigenvalue weighted by atomic mass is 9.88. The maximum Gasteiger partial charge on any atom is 0.126 e. The van der Waals surface area contributed by atoms with Crippen LogP contribution in [0.5, 0.6) is 0 Å². The summed E-state index contributed by atoms with van der Waals surface area (Å²) in [4.78, 5) is 0. The Hall–Kier alpha value is -0.890. The Bertz CT molecular complexity index is 335. The summed E-state index contributed by atoms with van der Waals surface area (Å²) in [6, 6.07) is 5.98. The van der Waals surface area contributed by atoms with E-state index in [1.165, 1.54) is 5.56 Å². The van der Waals surface area contributed by atoms with Gasteiger partial charge in [-0.2, -0.15) is 0 Å². The molecule has 15 heavy (non-hydrogen) atoms. The molecular formula is C13H18FN. The molecule has 0 heterocycles. The van der Waals surface area contributed by atoms with Crippen molar-refractivity contribution in [3.05, 3.63) is 35.1 Å². The number of fused-ring (bicyclic) bond motifs is 1. The highest BCUT2D eigenvalue weighted by Gasteiger charge is 2.19. The van der Waals surface area contributed by atoms with Gasteiger partial charge in [0.25, 0.3) is 0 Å². The first-order chi connectivity index (χ1) is 7.31. The van der Waals surface area contributed by atoms with Crippen molar-refractivity contribution in [1.82, 2.24) is 5.32 Å². The molecule has 0 fully saturated rings. The molecule has 0 amide bonds. The fraction of sp³-hybridized carbons (Fsp3) is 0.538. The topological polar surface area (TPSA) is 12.0 Å². The number of hydrogen-bond donors (Lipinski definition) is 1. The molecule has 2 rings (SSSR count). The van der Waals surface area contributed by atoms with Gasteiger partial charge in [0, 0.05) is 6.04 Å². The lowest BCUT2D eigenvalue weighted by Crippen LogP contribution is -2.35. The summed E-state index contributed by atoms with van der Waals surface area (Å²) >= 11 is 0. The molecule has 1 atom stereocenters. The minimum absolute atomic E-state index is 0.0264. The highest BCUT2D eigenvalue weighted by atomic mass is 19.1. The van der Waals surface area contributed by atoms with E-state index in [4.69, 9.17) is 0 Å². The predicted molar refractivity (Wildman–Crippen MR) is 60.5 cm³/mol. The quantitative estimate of drug-likeness (QED) is 0.803. The van der Waals surface area contributed by atoms with E-state index in [2.05, 4.69) is 18.3 Å². The molecule has 1 aliphatic rings. The average molecular weight is 207 g/mol. The number of nitrogens with one attached hydrogen (secondary N) is 1. The van der Waals surface area contributed by atoms with Crippen molar-refractivity contribution < 1.29 is 4.39 Å². The van der Waals surface area contributed by atoms with Crippen LogP contribution < -0.4 is 5.32 Å². The first-order valence-corrected chi connectivity index (χ1v) is 5.81. The lowest BCUT2D eigenvalue weighted by molar-refractivity contribution is 0.449. The van der Waals surface area contributed by atoms with Crippen molar-refractivity contribution in [1.29, 1.82) is 0 Å². The standard InChI is InChI=1S/C13H18FN/c1-2-8-15-11-6-7-12-10(9-11)4-3-5-13(12)14/h3-5,11,15H,2,6-9H2,1H3/t11-/m1/s1. The summed E-state index contributed by atoms with van der Waals surface area (Å²) in [5.41, 5.74) is 2.13. The van der Waals surface area contributed by atoms with Gasteiger partial charge in [-0.3, -0.25) is 0 Å². The van der Waals surface area contributed by atoms with Crippen LogP contribution in [0.25, 0.3) is 0 Å². The van der Waals surface area contributed by atoms with Gasteiger partial charge in [-0.25, -0.2) is 4.39 Å². The van der Waals surface area contributed by atoms with Gasteiger partial charge in [-0.1, -0.05) is 19.1 Å². The smallest absolute Gasteiger partial charge is 0.126 e. The molecule has 0 radical (unpaired) electrons. The normalized spacial score (nSPS) is 20.0. The lowest BCUT2D eigenvalue weighted by Gasteiger charge is -2.25. The van der Waals surface area contributed by atoms with Crippen LogP contribution >= 0.6 is 0 Å². The van der Waals surface area contributed by atoms with Crippen LogP contribution in [0.15, 0.2) is 18.2 Å². The van der Waals surface area contributed by atoms with Gasteiger partial charge in [-0.15, -0.1) is 0 Å². The molecule has 1 aromatic rings. The monoisotopic (exact) mass is 207 g/mol. The van der Waals surface area contributed by atoms with Crippen molar-refractivity contribution in [3.63, 3.8) is 0 Å². The molecule has 1 nitrogen and oxygen atoms in total. The molecule has 2 heteroatoms. The largest absolute Gasteiger partial charge is 0.314 e. The van der Waals surface area contributed by atoms with Crippen molar-refractivity contribution >= 4 is 0 Å². The molecule has 0 aromatic heterocycles. The average Bonchev–Trinajstić information content (AvgIpc) is 2.26. The SMILES string of the molecule is CCCN[C@@H]1CCc2c(F)cccc2C1. The van der Waals surface area contributed by atoms with Crippen LogP contribution in [0, 0.1) is 5.82 Å². The van der Waals surface area contributed by atoms with Gasteiger partial charge in [0.2, 0.25) is 0 Å². The van der Waals surface area contributed by atoms with Crippen molar-refractivity contribution in [2.45, 2.75) is 38.6 Å². The number of rotatable bonds is 3. The maximum atomic E-state index is 13.4. The molecule has 1 N–H and O–H groups in total. The highest BCUT2D eigenvalue weighted by Crippen LogP contribution is 2.23. The molecule has 1 aromatic carbocycles. The Kier molecular flexibility index (Phi) is 3.37. The molecule has 0 spiro atoms. The van der Waals surface area contributed by atoms with Gasteiger partial charge in [0.15, 0.2) is 0 Å². The van der Waals surface area contributed by atoms with Gasteiger partial charge in [0.05, 0.1) is 0 Å². The van der Waals surface area contributed by atoms with Crippen LogP contribution in [0.3, 0.4) is 0 Å². The van der Waals surface area contributed by atoms with Crippen molar-refractivity contribution in [2.24, 2.45) is 0 Å². The minimum Gasteiger partial charge on any atom is -0.314 e. The van der Waals surface area contributed by atoms with Gasteiger partial charge in [-0.05, 0) is 49.4 Å². The summed E-state index contributed by atoms with van der Waals surface area (Å²) in [7, 11) is 0. The minimum atomic E-state index is -0.0264. The maximum absolute atomic E-state index is 13.4. The second kappa shape index (κ2) is 4.75. The van der Waals surface area contributed by atoms with Crippen LogP contribution in [0.2, 0.25) is 0 Å². The zero-order valence-corrected chi connectivity index (χ0v) is 9.22.